The molecule has 1 amide bonds. The Kier molecular flexibility index (Phi) is 24.9. The summed E-state index contributed by atoms with van der Waals surface area (Å²) in [4.78, 5) is 25.0. The molecule has 0 aliphatic carbocycles. The minimum absolute atomic E-state index is 0.00933. The zero-order valence-electron chi connectivity index (χ0n) is 11.2. The molecule has 0 heterocycles. The average Bonchev–Trinajstić information content (AvgIpc) is 2.34. The summed E-state index contributed by atoms with van der Waals surface area (Å²) in [6.07, 6.45) is -0.884. The summed E-state index contributed by atoms with van der Waals surface area (Å²) < 4.78 is 8.86. The summed E-state index contributed by atoms with van der Waals surface area (Å²) in [5.41, 5.74) is 0. The first-order valence-electron chi connectivity index (χ1n) is 5.52. The van der Waals surface area contributed by atoms with Gasteiger partial charge in [-0.15, -0.1) is 0 Å². The Balaban J connectivity index is -0.000000439. The summed E-state index contributed by atoms with van der Waals surface area (Å²) in [5.74, 6) is 4.37. The van der Waals surface area contributed by atoms with Gasteiger partial charge >= 0.3 is 6.16 Å². The standard InChI is InChI=1S/C6H12N2O5.2C2H6/c1-5(9)8-4-12-6(10)11-2-3-13-7;2*1-2/h2-4,7H2,1H3,(H,8,9);2*1-2H3. The number of amides is 1. The van der Waals surface area contributed by atoms with Crippen molar-refractivity contribution in [2.75, 3.05) is 19.9 Å². The monoisotopic (exact) mass is 252 g/mol. The molecular formula is C10H24N2O5. The van der Waals surface area contributed by atoms with Crippen molar-refractivity contribution in [2.45, 2.75) is 34.6 Å². The van der Waals surface area contributed by atoms with E-state index in [1.165, 1.54) is 6.92 Å². The van der Waals surface area contributed by atoms with Crippen molar-refractivity contribution in [2.24, 2.45) is 5.90 Å². The van der Waals surface area contributed by atoms with Crippen LogP contribution in [0.15, 0.2) is 0 Å². The molecule has 104 valence electrons. The summed E-state index contributed by atoms with van der Waals surface area (Å²) in [6.45, 7) is 9.19. The molecule has 17 heavy (non-hydrogen) atoms. The molecule has 0 saturated heterocycles. The molecule has 7 nitrogen and oxygen atoms in total. The van der Waals surface area contributed by atoms with E-state index < -0.39 is 6.16 Å². The maximum Gasteiger partial charge on any atom is 0.510 e. The lowest BCUT2D eigenvalue weighted by atomic mass is 10.7. The number of rotatable bonds is 5. The van der Waals surface area contributed by atoms with Gasteiger partial charge in [0.2, 0.25) is 5.91 Å². The van der Waals surface area contributed by atoms with Crippen molar-refractivity contribution >= 4 is 12.1 Å². The highest BCUT2D eigenvalue weighted by atomic mass is 16.7. The van der Waals surface area contributed by atoms with Crippen molar-refractivity contribution in [1.29, 1.82) is 0 Å². The van der Waals surface area contributed by atoms with Gasteiger partial charge in [0.05, 0.1) is 0 Å². The smallest absolute Gasteiger partial charge is 0.432 e. The van der Waals surface area contributed by atoms with Crippen LogP contribution in [0.2, 0.25) is 0 Å². The number of ether oxygens (including phenoxy) is 2. The van der Waals surface area contributed by atoms with Crippen LogP contribution >= 0.6 is 0 Å². The summed E-state index contributed by atoms with van der Waals surface area (Å²) in [5, 5.41) is 2.25. The van der Waals surface area contributed by atoms with E-state index in [4.69, 9.17) is 0 Å². The molecular weight excluding hydrogens is 228 g/mol. The molecule has 3 N–H and O–H groups in total. The fourth-order valence-corrected chi connectivity index (χ4v) is 0.411. The second kappa shape index (κ2) is 20.1. The van der Waals surface area contributed by atoms with E-state index in [-0.39, 0.29) is 25.9 Å². The number of carbonyl (C=O) groups excluding carboxylic acids is 2. The van der Waals surface area contributed by atoms with Crippen LogP contribution in [0.25, 0.3) is 0 Å². The third kappa shape index (κ3) is 25.2. The molecule has 0 rings (SSSR count). The van der Waals surface area contributed by atoms with Gasteiger partial charge in [-0.25, -0.2) is 10.7 Å². The molecule has 0 aromatic carbocycles. The second-order valence-electron chi connectivity index (χ2n) is 1.99. The lowest BCUT2D eigenvalue weighted by molar-refractivity contribution is -0.120. The van der Waals surface area contributed by atoms with Crippen LogP contribution in [0.1, 0.15) is 34.6 Å². The third-order valence-electron chi connectivity index (χ3n) is 0.932. The lowest BCUT2D eigenvalue weighted by Gasteiger charge is -2.05. The van der Waals surface area contributed by atoms with Gasteiger partial charge < -0.3 is 19.6 Å². The van der Waals surface area contributed by atoms with E-state index in [1.54, 1.807) is 0 Å². The van der Waals surface area contributed by atoms with E-state index in [0.29, 0.717) is 0 Å². The maximum absolute atomic E-state index is 10.6. The largest absolute Gasteiger partial charge is 0.510 e. The maximum atomic E-state index is 10.6. The highest BCUT2D eigenvalue weighted by molar-refractivity contribution is 5.72. The number of carbonyl (C=O) groups is 2. The van der Waals surface area contributed by atoms with Crippen LogP contribution < -0.4 is 11.2 Å². The van der Waals surface area contributed by atoms with Gasteiger partial charge in [-0.05, 0) is 0 Å². The zero-order chi connectivity index (χ0) is 14.1. The Hall–Kier alpha value is -1.34. The Bertz CT molecular complexity index is 176. The topological polar surface area (TPSA) is 99.9 Å². The molecule has 0 unspecified atom stereocenters. The number of hydrogen-bond acceptors (Lipinski definition) is 6. The van der Waals surface area contributed by atoms with Crippen LogP contribution in [0, 0.1) is 0 Å². The Labute approximate surface area is 103 Å². The Morgan fingerprint density at radius 2 is 1.59 bits per heavy atom. The van der Waals surface area contributed by atoms with Crippen LogP contribution in [0.4, 0.5) is 4.79 Å². The molecule has 0 radical (unpaired) electrons. The fourth-order valence-electron chi connectivity index (χ4n) is 0.411. The van der Waals surface area contributed by atoms with E-state index >= 15 is 0 Å². The first-order chi connectivity index (χ1) is 8.16. The van der Waals surface area contributed by atoms with E-state index in [9.17, 15) is 9.59 Å². The molecule has 0 bridgehead atoms. The van der Waals surface area contributed by atoms with Gasteiger partial charge in [0, 0.05) is 6.92 Å². The predicted octanol–water partition coefficient (Wildman–Crippen LogP) is 1.18. The SMILES string of the molecule is CC.CC.CC(=O)NCOC(=O)OCCON. The number of nitrogens with two attached hydrogens (primary N) is 1. The van der Waals surface area contributed by atoms with Crippen molar-refractivity contribution in [3.63, 3.8) is 0 Å². The summed E-state index contributed by atoms with van der Waals surface area (Å²) in [7, 11) is 0. The average molecular weight is 252 g/mol. The van der Waals surface area contributed by atoms with Crippen LogP contribution in [0.3, 0.4) is 0 Å². The molecule has 0 fully saturated rings. The van der Waals surface area contributed by atoms with Crippen molar-refractivity contribution in [3.8, 4) is 0 Å². The van der Waals surface area contributed by atoms with Gasteiger partial charge in [0.25, 0.3) is 0 Å². The quantitative estimate of drug-likeness (QED) is 0.330. The van der Waals surface area contributed by atoms with Gasteiger partial charge in [-0.2, -0.15) is 0 Å². The third-order valence-corrected chi connectivity index (χ3v) is 0.932. The predicted molar refractivity (Wildman–Crippen MR) is 64.0 cm³/mol. The van der Waals surface area contributed by atoms with Crippen molar-refractivity contribution in [1.82, 2.24) is 5.32 Å². The molecule has 7 heteroatoms. The van der Waals surface area contributed by atoms with Gasteiger partial charge in [-0.1, -0.05) is 27.7 Å². The zero-order valence-corrected chi connectivity index (χ0v) is 11.2. The first kappa shape index (κ1) is 21.0. The molecule has 0 aromatic heterocycles. The van der Waals surface area contributed by atoms with Crippen LogP contribution in [0.5, 0.6) is 0 Å². The minimum Gasteiger partial charge on any atom is -0.432 e. The minimum atomic E-state index is -0.884. The first-order valence-corrected chi connectivity index (χ1v) is 5.52. The van der Waals surface area contributed by atoms with Gasteiger partial charge in [0.1, 0.15) is 13.2 Å². The Morgan fingerprint density at radius 3 is 2.00 bits per heavy atom. The fraction of sp³-hybridized carbons (Fsp3) is 0.800. The van der Waals surface area contributed by atoms with Gasteiger partial charge in [0.15, 0.2) is 6.73 Å². The van der Waals surface area contributed by atoms with E-state index in [1.807, 2.05) is 27.7 Å². The van der Waals surface area contributed by atoms with Crippen molar-refractivity contribution in [3.05, 3.63) is 0 Å². The molecule has 0 saturated carbocycles. The molecule has 0 aromatic rings. The summed E-state index contributed by atoms with van der Waals surface area (Å²) >= 11 is 0. The molecule has 0 atom stereocenters. The second-order valence-corrected chi connectivity index (χ2v) is 1.99. The Morgan fingerprint density at radius 1 is 1.06 bits per heavy atom. The van der Waals surface area contributed by atoms with Crippen LogP contribution in [-0.4, -0.2) is 32.0 Å². The van der Waals surface area contributed by atoms with Gasteiger partial charge in [-0.3, -0.25) is 4.79 Å². The normalized spacial score (nSPS) is 7.65. The highest BCUT2D eigenvalue weighted by Crippen LogP contribution is 1.83. The number of nitrogens with one attached hydrogen (secondary N) is 1. The molecule has 0 aliphatic rings. The van der Waals surface area contributed by atoms with E-state index in [2.05, 4.69) is 25.5 Å². The number of hydrogen-bond donors (Lipinski definition) is 2. The summed E-state index contributed by atoms with van der Waals surface area (Å²) in [6, 6.07) is 0. The molecule has 0 spiro atoms. The van der Waals surface area contributed by atoms with E-state index in [0.717, 1.165) is 0 Å². The molecule has 0 aliphatic heterocycles. The highest BCUT2D eigenvalue weighted by Gasteiger charge is 2.02. The lowest BCUT2D eigenvalue weighted by Crippen LogP contribution is -2.25. The van der Waals surface area contributed by atoms with Crippen molar-refractivity contribution < 1.29 is 23.9 Å². The van der Waals surface area contributed by atoms with Crippen LogP contribution in [-0.2, 0) is 19.1 Å².